The Kier molecular flexibility index (Phi) is 3.71. The number of terminal acetylenes is 1. The number of aromatic nitrogens is 1. The molecule has 0 aliphatic rings. The van der Waals surface area contributed by atoms with E-state index >= 15 is 0 Å². The first-order valence-corrected chi connectivity index (χ1v) is 5.87. The van der Waals surface area contributed by atoms with E-state index in [1.165, 1.54) is 11.3 Å². The van der Waals surface area contributed by atoms with Crippen molar-refractivity contribution < 1.29 is 4.79 Å². The van der Waals surface area contributed by atoms with E-state index in [9.17, 15) is 4.79 Å². The highest BCUT2D eigenvalue weighted by Crippen LogP contribution is 2.28. The number of rotatable bonds is 2. The molecule has 4 heteroatoms. The summed E-state index contributed by atoms with van der Waals surface area (Å²) in [7, 11) is 0. The van der Waals surface area contributed by atoms with Gasteiger partial charge in [0.25, 0.3) is 5.91 Å². The lowest BCUT2D eigenvalue weighted by molar-refractivity contribution is 0.0962. The van der Waals surface area contributed by atoms with Crippen molar-refractivity contribution in [2.45, 2.75) is 33.1 Å². The van der Waals surface area contributed by atoms with E-state index in [1.807, 2.05) is 6.92 Å². The summed E-state index contributed by atoms with van der Waals surface area (Å²) in [6, 6.07) is 0. The molecule has 0 aromatic carbocycles. The zero-order chi connectivity index (χ0) is 12.3. The van der Waals surface area contributed by atoms with Gasteiger partial charge in [0.15, 0.2) is 0 Å². The molecule has 0 saturated heterocycles. The molecule has 1 aromatic heterocycles. The molecule has 1 rings (SSSR count). The molecule has 1 N–H and O–H groups in total. The molecule has 16 heavy (non-hydrogen) atoms. The van der Waals surface area contributed by atoms with Gasteiger partial charge >= 0.3 is 0 Å². The molecule has 0 atom stereocenters. The van der Waals surface area contributed by atoms with Crippen LogP contribution in [0.25, 0.3) is 0 Å². The number of hydrogen-bond donors (Lipinski definition) is 1. The van der Waals surface area contributed by atoms with Crippen LogP contribution >= 0.6 is 11.3 Å². The summed E-state index contributed by atoms with van der Waals surface area (Å²) >= 11 is 1.43. The molecule has 3 nitrogen and oxygen atoms in total. The summed E-state index contributed by atoms with van der Waals surface area (Å²) in [5, 5.41) is 3.62. The molecule has 0 saturated carbocycles. The van der Waals surface area contributed by atoms with Crippen molar-refractivity contribution in [2.75, 3.05) is 6.54 Å². The molecule has 1 aromatic rings. The summed E-state index contributed by atoms with van der Waals surface area (Å²) in [4.78, 5) is 16.8. The zero-order valence-corrected chi connectivity index (χ0v) is 10.9. The van der Waals surface area contributed by atoms with Gasteiger partial charge in [-0.2, -0.15) is 0 Å². The quantitative estimate of drug-likeness (QED) is 0.799. The van der Waals surface area contributed by atoms with Gasteiger partial charge in [-0.3, -0.25) is 4.79 Å². The zero-order valence-electron chi connectivity index (χ0n) is 10.0. The summed E-state index contributed by atoms with van der Waals surface area (Å²) in [5.41, 5.74) is 0.740. The minimum absolute atomic E-state index is 0.0277. The summed E-state index contributed by atoms with van der Waals surface area (Å²) in [5.74, 6) is 2.24. The van der Waals surface area contributed by atoms with Crippen molar-refractivity contribution in [1.82, 2.24) is 10.3 Å². The molecule has 0 radical (unpaired) electrons. The number of thiazole rings is 1. The number of aryl methyl sites for hydroxylation is 1. The second-order valence-corrected chi connectivity index (χ2v) is 5.57. The van der Waals surface area contributed by atoms with E-state index in [4.69, 9.17) is 6.42 Å². The Labute approximate surface area is 100 Å². The Hall–Kier alpha value is -1.34. The normalized spacial score (nSPS) is 10.9. The minimum atomic E-state index is -0.136. The topological polar surface area (TPSA) is 42.0 Å². The number of nitrogens with zero attached hydrogens (tertiary/aromatic N) is 1. The lowest BCUT2D eigenvalue weighted by atomic mass is 9.98. The maximum absolute atomic E-state index is 11.7. The first-order valence-electron chi connectivity index (χ1n) is 5.06. The van der Waals surface area contributed by atoms with Gasteiger partial charge in [-0.1, -0.05) is 26.7 Å². The van der Waals surface area contributed by atoms with E-state index < -0.39 is 0 Å². The Balaban J connectivity index is 2.95. The minimum Gasteiger partial charge on any atom is -0.340 e. The molecule has 1 heterocycles. The lowest BCUT2D eigenvalue weighted by Gasteiger charge is -2.13. The number of amides is 1. The van der Waals surface area contributed by atoms with Crippen LogP contribution in [-0.4, -0.2) is 17.4 Å². The molecular weight excluding hydrogens is 220 g/mol. The highest BCUT2D eigenvalue weighted by atomic mass is 32.1. The van der Waals surface area contributed by atoms with Gasteiger partial charge in [0, 0.05) is 5.41 Å². The number of hydrogen-bond acceptors (Lipinski definition) is 3. The predicted molar refractivity (Wildman–Crippen MR) is 66.7 cm³/mol. The summed E-state index contributed by atoms with van der Waals surface area (Å²) in [6.07, 6.45) is 5.09. The molecule has 0 fully saturated rings. The molecule has 0 aliphatic heterocycles. The van der Waals surface area contributed by atoms with E-state index in [2.05, 4.69) is 37.0 Å². The smallest absolute Gasteiger partial charge is 0.264 e. The molecule has 0 bridgehead atoms. The molecule has 0 aliphatic carbocycles. The van der Waals surface area contributed by atoms with Crippen molar-refractivity contribution in [3.05, 3.63) is 15.6 Å². The Morgan fingerprint density at radius 2 is 2.19 bits per heavy atom. The van der Waals surface area contributed by atoms with E-state index in [0.717, 1.165) is 10.7 Å². The Morgan fingerprint density at radius 3 is 2.62 bits per heavy atom. The van der Waals surface area contributed by atoms with Crippen LogP contribution < -0.4 is 5.32 Å². The third-order valence-electron chi connectivity index (χ3n) is 2.00. The van der Waals surface area contributed by atoms with Gasteiger partial charge in [-0.15, -0.1) is 17.8 Å². The molecule has 0 unspecified atom stereocenters. The largest absolute Gasteiger partial charge is 0.340 e. The first-order chi connectivity index (χ1) is 7.36. The van der Waals surface area contributed by atoms with Gasteiger partial charge < -0.3 is 5.32 Å². The third-order valence-corrected chi connectivity index (χ3v) is 3.58. The SMILES string of the molecule is C#CCNC(=O)c1sc(C(C)(C)C)nc1C. The monoisotopic (exact) mass is 236 g/mol. The number of carbonyl (C=O) groups excluding carboxylic acids is 1. The first kappa shape index (κ1) is 12.7. The van der Waals surface area contributed by atoms with Gasteiger partial charge in [-0.25, -0.2) is 4.98 Å². The second-order valence-electron chi connectivity index (χ2n) is 4.57. The van der Waals surface area contributed by atoms with Crippen LogP contribution in [-0.2, 0) is 5.41 Å². The van der Waals surface area contributed by atoms with Crippen molar-refractivity contribution >= 4 is 17.2 Å². The Morgan fingerprint density at radius 1 is 1.56 bits per heavy atom. The standard InChI is InChI=1S/C12H16N2OS/c1-6-7-13-10(15)9-8(2)14-11(16-9)12(3,4)5/h1H,7H2,2-5H3,(H,13,15). The van der Waals surface area contributed by atoms with Crippen LogP contribution in [0, 0.1) is 19.3 Å². The van der Waals surface area contributed by atoms with Gasteiger partial charge in [0.1, 0.15) is 4.88 Å². The van der Waals surface area contributed by atoms with Crippen LogP contribution in [0.15, 0.2) is 0 Å². The number of nitrogens with one attached hydrogen (secondary N) is 1. The fourth-order valence-electron chi connectivity index (χ4n) is 1.14. The summed E-state index contributed by atoms with van der Waals surface area (Å²) in [6.45, 7) is 8.33. The van der Waals surface area contributed by atoms with E-state index in [-0.39, 0.29) is 17.9 Å². The van der Waals surface area contributed by atoms with Crippen molar-refractivity contribution in [3.8, 4) is 12.3 Å². The van der Waals surface area contributed by atoms with Crippen molar-refractivity contribution in [1.29, 1.82) is 0 Å². The molecular formula is C12H16N2OS. The predicted octanol–water partition coefficient (Wildman–Crippen LogP) is 2.11. The van der Waals surface area contributed by atoms with Crippen molar-refractivity contribution in [3.63, 3.8) is 0 Å². The fraction of sp³-hybridized carbons (Fsp3) is 0.500. The average Bonchev–Trinajstić information content (AvgIpc) is 2.56. The summed E-state index contributed by atoms with van der Waals surface area (Å²) < 4.78 is 0. The average molecular weight is 236 g/mol. The van der Waals surface area contributed by atoms with Crippen LogP contribution in [0.2, 0.25) is 0 Å². The van der Waals surface area contributed by atoms with Crippen LogP contribution in [0.4, 0.5) is 0 Å². The van der Waals surface area contributed by atoms with Crippen molar-refractivity contribution in [2.24, 2.45) is 0 Å². The van der Waals surface area contributed by atoms with Gasteiger partial charge in [-0.05, 0) is 6.92 Å². The highest BCUT2D eigenvalue weighted by Gasteiger charge is 2.22. The number of carbonyl (C=O) groups is 1. The maximum atomic E-state index is 11.7. The molecule has 1 amide bonds. The molecule has 0 spiro atoms. The second kappa shape index (κ2) is 4.67. The molecule has 86 valence electrons. The van der Waals surface area contributed by atoms with Crippen LogP contribution in [0.5, 0.6) is 0 Å². The third kappa shape index (κ3) is 2.83. The van der Waals surface area contributed by atoms with E-state index in [1.54, 1.807) is 0 Å². The van der Waals surface area contributed by atoms with E-state index in [0.29, 0.717) is 4.88 Å². The maximum Gasteiger partial charge on any atom is 0.264 e. The van der Waals surface area contributed by atoms with Gasteiger partial charge in [0.05, 0.1) is 17.2 Å². The Bertz CT molecular complexity index is 435. The van der Waals surface area contributed by atoms with Crippen LogP contribution in [0.1, 0.15) is 41.1 Å². The highest BCUT2D eigenvalue weighted by molar-refractivity contribution is 7.14. The lowest BCUT2D eigenvalue weighted by Crippen LogP contribution is -2.23. The fourth-order valence-corrected chi connectivity index (χ4v) is 2.18. The van der Waals surface area contributed by atoms with Crippen LogP contribution in [0.3, 0.4) is 0 Å². The van der Waals surface area contributed by atoms with Gasteiger partial charge in [0.2, 0.25) is 0 Å².